The van der Waals surface area contributed by atoms with Gasteiger partial charge in [-0.25, -0.2) is 13.4 Å². The van der Waals surface area contributed by atoms with Crippen molar-refractivity contribution < 1.29 is 22.7 Å². The first-order valence-corrected chi connectivity index (χ1v) is 12.9. The van der Waals surface area contributed by atoms with Crippen LogP contribution in [0.25, 0.3) is 10.2 Å². The highest BCUT2D eigenvalue weighted by atomic mass is 32.2. The van der Waals surface area contributed by atoms with Crippen molar-refractivity contribution in [3.63, 3.8) is 0 Å². The average molecular weight is 491 g/mol. The predicted octanol–water partition coefficient (Wildman–Crippen LogP) is 2.65. The Kier molecular flexibility index (Phi) is 7.13. The van der Waals surface area contributed by atoms with Gasteiger partial charge in [-0.2, -0.15) is 4.31 Å². The number of carbonyl (C=O) groups is 1. The van der Waals surface area contributed by atoms with Crippen LogP contribution in [0.1, 0.15) is 6.92 Å². The lowest BCUT2D eigenvalue weighted by Crippen LogP contribution is -2.46. The highest BCUT2D eigenvalue weighted by Gasteiger charge is 2.27. The maximum Gasteiger partial charge on any atom is 0.264 e. The summed E-state index contributed by atoms with van der Waals surface area (Å²) in [5, 5.41) is 3.10. The number of hydrogen-bond acceptors (Lipinski definition) is 8. The van der Waals surface area contributed by atoms with Gasteiger partial charge < -0.3 is 14.4 Å². The van der Waals surface area contributed by atoms with Crippen molar-refractivity contribution >= 4 is 42.6 Å². The molecule has 1 fully saturated rings. The van der Waals surface area contributed by atoms with Gasteiger partial charge in [-0.15, -0.1) is 0 Å². The molecule has 0 saturated carbocycles. The second kappa shape index (κ2) is 10.0. The van der Waals surface area contributed by atoms with Crippen LogP contribution in [0.4, 0.5) is 5.13 Å². The molecular weight excluding hydrogens is 464 g/mol. The summed E-state index contributed by atoms with van der Waals surface area (Å²) in [6.45, 7) is 4.50. The highest BCUT2D eigenvalue weighted by molar-refractivity contribution is 7.89. The molecule has 3 aromatic rings. The number of likely N-dealkylation sites (N-methyl/N-ethyl adjacent to an activating group) is 1. The molecule has 0 unspecified atom stereocenters. The fraction of sp³-hybridized carbons (Fsp3) is 0.364. The lowest BCUT2D eigenvalue weighted by Gasteiger charge is -2.31. The Bertz CT molecular complexity index is 1240. The summed E-state index contributed by atoms with van der Waals surface area (Å²) in [7, 11) is -1.59. The monoisotopic (exact) mass is 490 g/mol. The summed E-state index contributed by atoms with van der Waals surface area (Å²) in [4.78, 5) is 19.1. The van der Waals surface area contributed by atoms with E-state index in [1.54, 1.807) is 36.4 Å². The van der Waals surface area contributed by atoms with Gasteiger partial charge in [-0.05, 0) is 44.3 Å². The number of rotatable bonds is 8. The van der Waals surface area contributed by atoms with Gasteiger partial charge in [0, 0.05) is 26.2 Å². The van der Waals surface area contributed by atoms with Crippen LogP contribution < -0.4 is 14.8 Å². The van der Waals surface area contributed by atoms with Crippen molar-refractivity contribution in [1.82, 2.24) is 14.2 Å². The Balaban J connectivity index is 1.43. The second-order valence-corrected chi connectivity index (χ2v) is 10.5. The normalized spacial score (nSPS) is 15.5. The van der Waals surface area contributed by atoms with E-state index in [1.807, 2.05) is 20.0 Å². The van der Waals surface area contributed by atoms with Crippen molar-refractivity contribution in [2.24, 2.45) is 0 Å². The van der Waals surface area contributed by atoms with E-state index in [4.69, 9.17) is 9.47 Å². The molecule has 4 rings (SSSR count). The number of anilines is 1. The Morgan fingerprint density at radius 2 is 1.79 bits per heavy atom. The first-order valence-electron chi connectivity index (χ1n) is 10.6. The van der Waals surface area contributed by atoms with Gasteiger partial charge in [0.1, 0.15) is 0 Å². The molecule has 176 valence electrons. The van der Waals surface area contributed by atoms with Crippen molar-refractivity contribution in [1.29, 1.82) is 0 Å². The van der Waals surface area contributed by atoms with Crippen molar-refractivity contribution in [2.75, 3.05) is 51.8 Å². The summed E-state index contributed by atoms with van der Waals surface area (Å²) in [6, 6.07) is 12.0. The standard InChI is InChI=1S/C22H26N4O5S2/c1-3-30-18-6-4-5-7-19(18)31-15-21(27)24-22-23-17-9-8-16(14-20(17)32-22)33(28,29)26-12-10-25(2)11-13-26/h4-9,14H,3,10-13,15H2,1-2H3,(H,23,24,27). The third-order valence-electron chi connectivity index (χ3n) is 5.21. The van der Waals surface area contributed by atoms with E-state index < -0.39 is 10.0 Å². The quantitative estimate of drug-likeness (QED) is 0.518. The molecule has 1 aliphatic heterocycles. The smallest absolute Gasteiger partial charge is 0.264 e. The zero-order chi connectivity index (χ0) is 23.4. The zero-order valence-electron chi connectivity index (χ0n) is 18.5. The number of thiazole rings is 1. The number of ether oxygens (including phenoxy) is 2. The van der Waals surface area contributed by atoms with Crippen LogP contribution in [0.5, 0.6) is 11.5 Å². The summed E-state index contributed by atoms with van der Waals surface area (Å²) in [5.74, 6) is 0.685. The predicted molar refractivity (Wildman–Crippen MR) is 128 cm³/mol. The summed E-state index contributed by atoms with van der Waals surface area (Å²) in [6.07, 6.45) is 0. The number of nitrogens with one attached hydrogen (secondary N) is 1. The minimum Gasteiger partial charge on any atom is -0.490 e. The van der Waals surface area contributed by atoms with E-state index in [9.17, 15) is 13.2 Å². The zero-order valence-corrected chi connectivity index (χ0v) is 20.1. The maximum absolute atomic E-state index is 13.0. The topological polar surface area (TPSA) is 101 Å². The molecule has 2 heterocycles. The molecule has 1 aliphatic rings. The van der Waals surface area contributed by atoms with Crippen LogP contribution in [0.2, 0.25) is 0 Å². The average Bonchev–Trinajstić information content (AvgIpc) is 3.20. The number of sulfonamides is 1. The Morgan fingerprint density at radius 1 is 1.09 bits per heavy atom. The van der Waals surface area contributed by atoms with Crippen LogP contribution in [0, 0.1) is 0 Å². The molecule has 33 heavy (non-hydrogen) atoms. The molecule has 9 nitrogen and oxygen atoms in total. The van der Waals surface area contributed by atoms with Gasteiger partial charge >= 0.3 is 0 Å². The number of nitrogens with zero attached hydrogens (tertiary/aromatic N) is 3. The minimum atomic E-state index is -3.57. The molecule has 0 bridgehead atoms. The largest absolute Gasteiger partial charge is 0.490 e. The van der Waals surface area contributed by atoms with E-state index in [2.05, 4.69) is 15.2 Å². The van der Waals surface area contributed by atoms with Crippen molar-refractivity contribution in [2.45, 2.75) is 11.8 Å². The molecule has 0 radical (unpaired) electrons. The minimum absolute atomic E-state index is 0.205. The first-order chi connectivity index (χ1) is 15.9. The molecule has 11 heteroatoms. The van der Waals surface area contributed by atoms with Gasteiger partial charge in [-0.1, -0.05) is 23.5 Å². The lowest BCUT2D eigenvalue weighted by atomic mass is 10.3. The number of piperazine rings is 1. The van der Waals surface area contributed by atoms with Gasteiger partial charge in [0.25, 0.3) is 5.91 Å². The molecule has 0 spiro atoms. The molecule has 1 saturated heterocycles. The van der Waals surface area contributed by atoms with E-state index in [0.29, 0.717) is 59.6 Å². The lowest BCUT2D eigenvalue weighted by molar-refractivity contribution is -0.118. The van der Waals surface area contributed by atoms with E-state index in [-0.39, 0.29) is 17.4 Å². The fourth-order valence-corrected chi connectivity index (χ4v) is 5.88. The van der Waals surface area contributed by atoms with Crippen molar-refractivity contribution in [3.05, 3.63) is 42.5 Å². The Morgan fingerprint density at radius 3 is 2.48 bits per heavy atom. The van der Waals surface area contributed by atoms with Crippen LogP contribution >= 0.6 is 11.3 Å². The molecule has 1 N–H and O–H groups in total. The maximum atomic E-state index is 13.0. The van der Waals surface area contributed by atoms with Crippen LogP contribution in [0.15, 0.2) is 47.4 Å². The fourth-order valence-electron chi connectivity index (χ4n) is 3.44. The number of amides is 1. The first kappa shape index (κ1) is 23.4. The van der Waals surface area contributed by atoms with Crippen LogP contribution in [-0.2, 0) is 14.8 Å². The molecule has 2 aromatic carbocycles. The second-order valence-electron chi connectivity index (χ2n) is 7.57. The Hall–Kier alpha value is -2.73. The number of para-hydroxylation sites is 2. The van der Waals surface area contributed by atoms with E-state index in [1.165, 1.54) is 15.6 Å². The summed E-state index contributed by atoms with van der Waals surface area (Å²) >= 11 is 1.22. The van der Waals surface area contributed by atoms with Crippen LogP contribution in [-0.4, -0.2) is 75.0 Å². The Labute approximate surface area is 197 Å². The molecule has 1 aromatic heterocycles. The molecule has 0 atom stereocenters. The third kappa shape index (κ3) is 5.44. The number of benzene rings is 2. The molecular formula is C22H26N4O5S2. The van der Waals surface area contributed by atoms with Gasteiger partial charge in [0.15, 0.2) is 23.2 Å². The van der Waals surface area contributed by atoms with Gasteiger partial charge in [0.05, 0.1) is 21.7 Å². The molecule has 0 aliphatic carbocycles. The number of carbonyl (C=O) groups excluding carboxylic acids is 1. The van der Waals surface area contributed by atoms with E-state index in [0.717, 1.165) is 0 Å². The van der Waals surface area contributed by atoms with Gasteiger partial charge in [-0.3, -0.25) is 10.1 Å². The number of fused-ring (bicyclic) bond motifs is 1. The SMILES string of the molecule is CCOc1ccccc1OCC(=O)Nc1nc2ccc(S(=O)(=O)N3CCN(C)CC3)cc2s1. The molecule has 1 amide bonds. The highest BCUT2D eigenvalue weighted by Crippen LogP contribution is 2.30. The van der Waals surface area contributed by atoms with Crippen LogP contribution in [0.3, 0.4) is 0 Å². The van der Waals surface area contributed by atoms with Gasteiger partial charge in [0.2, 0.25) is 10.0 Å². The third-order valence-corrected chi connectivity index (χ3v) is 8.04. The van der Waals surface area contributed by atoms with E-state index >= 15 is 0 Å². The number of aromatic nitrogens is 1. The number of hydrogen-bond donors (Lipinski definition) is 1. The van der Waals surface area contributed by atoms with Crippen molar-refractivity contribution in [3.8, 4) is 11.5 Å². The summed E-state index contributed by atoms with van der Waals surface area (Å²) < 4.78 is 39.3. The summed E-state index contributed by atoms with van der Waals surface area (Å²) in [5.41, 5.74) is 0.621.